The van der Waals surface area contributed by atoms with E-state index in [0.29, 0.717) is 19.6 Å². The molecule has 2 aliphatic rings. The number of hydrogen-bond donors (Lipinski definition) is 1. The van der Waals surface area contributed by atoms with Crippen LogP contribution in [-0.4, -0.2) is 96.9 Å². The Balaban J connectivity index is 1.75. The summed E-state index contributed by atoms with van der Waals surface area (Å²) in [6.45, 7) is 10.6. The van der Waals surface area contributed by atoms with Crippen molar-refractivity contribution < 1.29 is 14.6 Å². The van der Waals surface area contributed by atoms with Gasteiger partial charge in [0, 0.05) is 45.8 Å². The molecule has 0 spiro atoms. The number of carbonyl (C=O) groups is 1. The van der Waals surface area contributed by atoms with Crippen LogP contribution in [0.15, 0.2) is 0 Å². The van der Waals surface area contributed by atoms with Crippen molar-refractivity contribution in [2.24, 2.45) is 0 Å². The molecule has 2 fully saturated rings. The van der Waals surface area contributed by atoms with Gasteiger partial charge >= 0.3 is 0 Å². The van der Waals surface area contributed by atoms with Crippen LogP contribution < -0.4 is 0 Å². The first kappa shape index (κ1) is 15.7. The molecular weight excluding hydrogens is 258 g/mol. The third kappa shape index (κ3) is 4.41. The largest absolute Gasteiger partial charge is 0.395 e. The van der Waals surface area contributed by atoms with E-state index in [2.05, 4.69) is 9.80 Å². The number of β-amino-alcohol motifs (C(OH)–C–C–N with tert-alkyl or cyclic N) is 1. The highest BCUT2D eigenvalue weighted by atomic mass is 16.5. The molecule has 0 bridgehead atoms. The smallest absolute Gasteiger partial charge is 0.236 e. The zero-order valence-corrected chi connectivity index (χ0v) is 12.6. The van der Waals surface area contributed by atoms with Crippen molar-refractivity contribution in [2.75, 3.05) is 59.0 Å². The van der Waals surface area contributed by atoms with E-state index < -0.39 is 0 Å². The van der Waals surface area contributed by atoms with Crippen molar-refractivity contribution >= 4 is 5.91 Å². The molecule has 0 aromatic carbocycles. The molecule has 0 aliphatic carbocycles. The normalized spacial score (nSPS) is 29.6. The van der Waals surface area contributed by atoms with Crippen LogP contribution in [0.4, 0.5) is 0 Å². The fourth-order valence-corrected chi connectivity index (χ4v) is 2.99. The molecule has 1 N–H and O–H groups in total. The van der Waals surface area contributed by atoms with Gasteiger partial charge in [-0.15, -0.1) is 0 Å². The van der Waals surface area contributed by atoms with Crippen molar-refractivity contribution in [3.05, 3.63) is 0 Å². The second kappa shape index (κ2) is 7.36. The van der Waals surface area contributed by atoms with Crippen molar-refractivity contribution in [1.29, 1.82) is 0 Å². The molecule has 2 saturated heterocycles. The summed E-state index contributed by atoms with van der Waals surface area (Å²) in [5.41, 5.74) is 0. The number of morpholine rings is 1. The third-order valence-corrected chi connectivity index (χ3v) is 4.01. The van der Waals surface area contributed by atoms with E-state index in [1.54, 1.807) is 0 Å². The zero-order chi connectivity index (χ0) is 14.5. The number of piperazine rings is 1. The van der Waals surface area contributed by atoms with Crippen molar-refractivity contribution in [1.82, 2.24) is 14.7 Å². The summed E-state index contributed by atoms with van der Waals surface area (Å²) in [5, 5.41) is 8.92. The quantitative estimate of drug-likeness (QED) is 0.735. The maximum absolute atomic E-state index is 12.3. The Bertz CT molecular complexity index is 309. The lowest BCUT2D eigenvalue weighted by Gasteiger charge is -2.38. The number of amides is 1. The Morgan fingerprint density at radius 2 is 1.65 bits per heavy atom. The topological polar surface area (TPSA) is 56.3 Å². The average Bonchev–Trinajstić information content (AvgIpc) is 2.40. The van der Waals surface area contributed by atoms with Crippen LogP contribution >= 0.6 is 0 Å². The molecule has 116 valence electrons. The molecule has 2 rings (SSSR count). The molecule has 0 radical (unpaired) electrons. The number of aliphatic hydroxyl groups excluding tert-OH is 1. The first-order chi connectivity index (χ1) is 9.58. The van der Waals surface area contributed by atoms with Gasteiger partial charge in [0.2, 0.25) is 5.91 Å². The van der Waals surface area contributed by atoms with Gasteiger partial charge in [-0.05, 0) is 13.8 Å². The van der Waals surface area contributed by atoms with Crippen LogP contribution in [0, 0.1) is 0 Å². The Kier molecular flexibility index (Phi) is 5.77. The van der Waals surface area contributed by atoms with E-state index in [0.717, 1.165) is 32.7 Å². The Hall–Kier alpha value is -0.690. The van der Waals surface area contributed by atoms with Gasteiger partial charge in [0.1, 0.15) is 0 Å². The highest BCUT2D eigenvalue weighted by Crippen LogP contribution is 2.11. The lowest BCUT2D eigenvalue weighted by Crippen LogP contribution is -2.54. The Morgan fingerprint density at radius 3 is 2.20 bits per heavy atom. The molecular formula is C14H27N3O3. The van der Waals surface area contributed by atoms with E-state index in [-0.39, 0.29) is 24.7 Å². The van der Waals surface area contributed by atoms with E-state index in [1.165, 1.54) is 0 Å². The highest BCUT2D eigenvalue weighted by Gasteiger charge is 2.27. The predicted octanol–water partition coefficient (Wildman–Crippen LogP) is -0.768. The standard InChI is InChI=1S/C14H27N3O3/c1-12-9-17(10-13(2)20-12)14(19)11-16-5-3-15(4-6-16)7-8-18/h12-13,18H,3-11H2,1-2H3. The molecule has 0 saturated carbocycles. The summed E-state index contributed by atoms with van der Waals surface area (Å²) >= 11 is 0. The predicted molar refractivity (Wildman–Crippen MR) is 76.6 cm³/mol. The number of hydrogen-bond acceptors (Lipinski definition) is 5. The molecule has 0 aromatic rings. The van der Waals surface area contributed by atoms with Gasteiger partial charge in [-0.2, -0.15) is 0 Å². The summed E-state index contributed by atoms with van der Waals surface area (Å²) < 4.78 is 5.66. The third-order valence-electron chi connectivity index (χ3n) is 4.01. The number of ether oxygens (including phenoxy) is 1. The second-order valence-corrected chi connectivity index (χ2v) is 5.90. The zero-order valence-electron chi connectivity index (χ0n) is 12.6. The lowest BCUT2D eigenvalue weighted by atomic mass is 10.2. The first-order valence-electron chi connectivity index (χ1n) is 7.57. The molecule has 6 heteroatoms. The van der Waals surface area contributed by atoms with Crippen LogP contribution in [0.1, 0.15) is 13.8 Å². The van der Waals surface area contributed by atoms with E-state index in [4.69, 9.17) is 9.84 Å². The minimum absolute atomic E-state index is 0.129. The number of carbonyl (C=O) groups excluding carboxylic acids is 1. The Morgan fingerprint density at radius 1 is 1.10 bits per heavy atom. The van der Waals surface area contributed by atoms with Crippen molar-refractivity contribution in [2.45, 2.75) is 26.1 Å². The fourth-order valence-electron chi connectivity index (χ4n) is 2.99. The van der Waals surface area contributed by atoms with E-state index in [1.807, 2.05) is 18.7 Å². The maximum Gasteiger partial charge on any atom is 0.236 e. The van der Waals surface area contributed by atoms with E-state index >= 15 is 0 Å². The molecule has 6 nitrogen and oxygen atoms in total. The highest BCUT2D eigenvalue weighted by molar-refractivity contribution is 5.78. The summed E-state index contributed by atoms with van der Waals surface area (Å²) in [6.07, 6.45) is 0.258. The van der Waals surface area contributed by atoms with Gasteiger partial charge in [0.15, 0.2) is 0 Å². The van der Waals surface area contributed by atoms with Crippen LogP contribution in [0.25, 0.3) is 0 Å². The molecule has 0 aromatic heterocycles. The monoisotopic (exact) mass is 285 g/mol. The number of rotatable bonds is 4. The molecule has 2 aliphatic heterocycles. The molecule has 20 heavy (non-hydrogen) atoms. The molecule has 2 unspecified atom stereocenters. The molecule has 1 amide bonds. The van der Waals surface area contributed by atoms with Gasteiger partial charge in [-0.25, -0.2) is 0 Å². The summed E-state index contributed by atoms with van der Waals surface area (Å²) in [6, 6.07) is 0. The van der Waals surface area contributed by atoms with Gasteiger partial charge in [0.25, 0.3) is 0 Å². The Labute approximate surface area is 121 Å². The summed E-state index contributed by atoms with van der Waals surface area (Å²) in [4.78, 5) is 18.7. The SMILES string of the molecule is CC1CN(C(=O)CN2CCN(CCO)CC2)CC(C)O1. The van der Waals surface area contributed by atoms with Gasteiger partial charge < -0.3 is 14.7 Å². The van der Waals surface area contributed by atoms with Crippen molar-refractivity contribution in [3.8, 4) is 0 Å². The van der Waals surface area contributed by atoms with Gasteiger partial charge in [-0.3, -0.25) is 14.6 Å². The maximum atomic E-state index is 12.3. The summed E-state index contributed by atoms with van der Waals surface area (Å²) in [7, 11) is 0. The lowest BCUT2D eigenvalue weighted by molar-refractivity contribution is -0.144. The number of nitrogens with zero attached hydrogens (tertiary/aromatic N) is 3. The van der Waals surface area contributed by atoms with Crippen LogP contribution in [0.3, 0.4) is 0 Å². The van der Waals surface area contributed by atoms with Crippen LogP contribution in [-0.2, 0) is 9.53 Å². The van der Waals surface area contributed by atoms with Crippen LogP contribution in [0.5, 0.6) is 0 Å². The van der Waals surface area contributed by atoms with Crippen LogP contribution in [0.2, 0.25) is 0 Å². The van der Waals surface area contributed by atoms with Gasteiger partial charge in [0.05, 0.1) is 25.4 Å². The molecule has 2 atom stereocenters. The van der Waals surface area contributed by atoms with E-state index in [9.17, 15) is 4.79 Å². The first-order valence-corrected chi connectivity index (χ1v) is 7.57. The number of aliphatic hydroxyl groups is 1. The average molecular weight is 285 g/mol. The van der Waals surface area contributed by atoms with Crippen molar-refractivity contribution in [3.63, 3.8) is 0 Å². The van der Waals surface area contributed by atoms with Gasteiger partial charge in [-0.1, -0.05) is 0 Å². The second-order valence-electron chi connectivity index (χ2n) is 5.90. The summed E-state index contributed by atoms with van der Waals surface area (Å²) in [5.74, 6) is 0.211. The molecule has 2 heterocycles. The fraction of sp³-hybridized carbons (Fsp3) is 0.929. The minimum atomic E-state index is 0.129. The minimum Gasteiger partial charge on any atom is -0.395 e.